The first-order valence-corrected chi connectivity index (χ1v) is 11.7. The third-order valence-corrected chi connectivity index (χ3v) is 7.41. The summed E-state index contributed by atoms with van der Waals surface area (Å²) in [6.07, 6.45) is -2.46. The molecule has 2 aromatic heterocycles. The molecule has 1 aliphatic rings. The number of nitrogens with zero attached hydrogens (tertiary/aromatic N) is 4. The summed E-state index contributed by atoms with van der Waals surface area (Å²) in [6.45, 7) is 5.24. The number of aryl methyl sites for hydroxylation is 1. The average molecular weight is 466 g/mol. The van der Waals surface area contributed by atoms with Crippen LogP contribution in [0.1, 0.15) is 41.9 Å². The van der Waals surface area contributed by atoms with Gasteiger partial charge in [0, 0.05) is 6.54 Å². The van der Waals surface area contributed by atoms with Gasteiger partial charge in [0.1, 0.15) is 11.6 Å². The number of nitrogens with one attached hydrogen (secondary N) is 1. The molecule has 1 aliphatic heterocycles. The zero-order valence-electron chi connectivity index (χ0n) is 17.7. The summed E-state index contributed by atoms with van der Waals surface area (Å²) >= 11 is 0. The highest BCUT2D eigenvalue weighted by atomic mass is 32.2. The minimum absolute atomic E-state index is 0.0758. The number of hydrogen-bond acceptors (Lipinski definition) is 6. The zero-order chi connectivity index (χ0) is 23.3. The maximum atomic E-state index is 13.3. The van der Waals surface area contributed by atoms with Crippen molar-refractivity contribution in [2.24, 2.45) is 0 Å². The number of pyridine rings is 1. The van der Waals surface area contributed by atoms with Crippen molar-refractivity contribution in [2.45, 2.75) is 39.4 Å². The minimum atomic E-state index is -4.45. The molecule has 1 atom stereocenters. The second-order valence-electron chi connectivity index (χ2n) is 7.81. The van der Waals surface area contributed by atoms with E-state index < -0.39 is 27.8 Å². The summed E-state index contributed by atoms with van der Waals surface area (Å²) in [5.74, 6) is 0.886. The number of sulfonamides is 1. The second kappa shape index (κ2) is 7.88. The number of rotatable bonds is 4. The Morgan fingerprint density at radius 1 is 1.19 bits per heavy atom. The molecule has 0 radical (unpaired) electrons. The van der Waals surface area contributed by atoms with Gasteiger partial charge in [0.15, 0.2) is 5.65 Å². The van der Waals surface area contributed by atoms with Crippen LogP contribution >= 0.6 is 0 Å². The number of hydrogen-bond donors (Lipinski definition) is 1. The van der Waals surface area contributed by atoms with Crippen molar-refractivity contribution in [1.29, 1.82) is 0 Å². The zero-order valence-corrected chi connectivity index (χ0v) is 18.5. The molecular weight excluding hydrogens is 443 g/mol. The standard InChI is InChI=1S/C21H22F3N5O2S/c1-12-16(6-4-7-18(12)21(22,23)24)13(2)26-20-17-10-15(29-8-5-9-32(29,30)31)11-25-19(17)27-14(3)28-20/h4,6-7,10-11,13H,5,8-9H2,1-3H3,(H,25,26,27,28)/t13-/m1/s1. The van der Waals surface area contributed by atoms with Crippen molar-refractivity contribution in [2.75, 3.05) is 21.9 Å². The van der Waals surface area contributed by atoms with Gasteiger partial charge < -0.3 is 5.32 Å². The number of alkyl halides is 3. The van der Waals surface area contributed by atoms with Crippen molar-refractivity contribution >= 4 is 32.6 Å². The Labute approximate surface area is 183 Å². The summed E-state index contributed by atoms with van der Waals surface area (Å²) in [6, 6.07) is 5.22. The van der Waals surface area contributed by atoms with E-state index in [1.165, 1.54) is 23.5 Å². The van der Waals surface area contributed by atoms with E-state index in [2.05, 4.69) is 20.3 Å². The fourth-order valence-electron chi connectivity index (χ4n) is 4.00. The highest BCUT2D eigenvalue weighted by Crippen LogP contribution is 2.36. The molecule has 1 N–H and O–H groups in total. The van der Waals surface area contributed by atoms with Crippen LogP contribution < -0.4 is 9.62 Å². The molecule has 0 saturated carbocycles. The van der Waals surface area contributed by atoms with Gasteiger partial charge in [-0.25, -0.2) is 23.4 Å². The largest absolute Gasteiger partial charge is 0.416 e. The van der Waals surface area contributed by atoms with Crippen LogP contribution in [0.25, 0.3) is 11.0 Å². The van der Waals surface area contributed by atoms with Crippen LogP contribution in [0.15, 0.2) is 30.5 Å². The number of fused-ring (bicyclic) bond motifs is 1. The maximum Gasteiger partial charge on any atom is 0.416 e. The highest BCUT2D eigenvalue weighted by molar-refractivity contribution is 7.93. The third kappa shape index (κ3) is 4.08. The summed E-state index contributed by atoms with van der Waals surface area (Å²) in [5, 5.41) is 3.67. The Kier molecular flexibility index (Phi) is 5.48. The molecule has 1 saturated heterocycles. The van der Waals surface area contributed by atoms with Gasteiger partial charge >= 0.3 is 6.18 Å². The number of benzene rings is 1. The lowest BCUT2D eigenvalue weighted by atomic mass is 9.97. The van der Waals surface area contributed by atoms with E-state index in [0.29, 0.717) is 46.9 Å². The average Bonchev–Trinajstić information content (AvgIpc) is 3.05. The van der Waals surface area contributed by atoms with Crippen LogP contribution in [0.2, 0.25) is 0 Å². The van der Waals surface area contributed by atoms with Crippen LogP contribution in [0.5, 0.6) is 0 Å². The Bertz CT molecular complexity index is 1290. The lowest BCUT2D eigenvalue weighted by Crippen LogP contribution is -2.25. The van der Waals surface area contributed by atoms with Crippen molar-refractivity contribution in [3.05, 3.63) is 53.0 Å². The van der Waals surface area contributed by atoms with Crippen LogP contribution in [0, 0.1) is 13.8 Å². The van der Waals surface area contributed by atoms with Crippen LogP contribution in [0.3, 0.4) is 0 Å². The molecule has 32 heavy (non-hydrogen) atoms. The van der Waals surface area contributed by atoms with Gasteiger partial charge in [-0.3, -0.25) is 4.31 Å². The van der Waals surface area contributed by atoms with Gasteiger partial charge in [-0.15, -0.1) is 0 Å². The lowest BCUT2D eigenvalue weighted by molar-refractivity contribution is -0.138. The molecule has 0 bridgehead atoms. The van der Waals surface area contributed by atoms with E-state index in [4.69, 9.17) is 0 Å². The molecule has 0 unspecified atom stereocenters. The van der Waals surface area contributed by atoms with Crippen molar-refractivity contribution in [1.82, 2.24) is 15.0 Å². The molecule has 1 fully saturated rings. The van der Waals surface area contributed by atoms with E-state index in [-0.39, 0.29) is 11.3 Å². The molecule has 1 aromatic carbocycles. The quantitative estimate of drug-likeness (QED) is 0.616. The monoisotopic (exact) mass is 465 g/mol. The molecule has 11 heteroatoms. The molecule has 0 aliphatic carbocycles. The van der Waals surface area contributed by atoms with Crippen LogP contribution in [-0.4, -0.2) is 35.7 Å². The predicted molar refractivity (Wildman–Crippen MR) is 116 cm³/mol. The summed E-state index contributed by atoms with van der Waals surface area (Å²) < 4.78 is 65.9. The van der Waals surface area contributed by atoms with Crippen LogP contribution in [-0.2, 0) is 16.2 Å². The number of anilines is 2. The van der Waals surface area contributed by atoms with E-state index in [1.54, 1.807) is 26.0 Å². The molecule has 0 spiro atoms. The second-order valence-corrected chi connectivity index (χ2v) is 9.82. The van der Waals surface area contributed by atoms with Crippen molar-refractivity contribution in [3.8, 4) is 0 Å². The van der Waals surface area contributed by atoms with Crippen molar-refractivity contribution in [3.63, 3.8) is 0 Å². The van der Waals surface area contributed by atoms with Gasteiger partial charge in [-0.1, -0.05) is 12.1 Å². The van der Waals surface area contributed by atoms with E-state index in [1.807, 2.05) is 0 Å². The Morgan fingerprint density at radius 3 is 2.59 bits per heavy atom. The van der Waals surface area contributed by atoms with Gasteiger partial charge in [-0.05, 0) is 50.5 Å². The third-order valence-electron chi connectivity index (χ3n) is 5.54. The molecular formula is C21H22F3N5O2S. The summed E-state index contributed by atoms with van der Waals surface area (Å²) in [5.41, 5.74) is 0.713. The van der Waals surface area contributed by atoms with Gasteiger partial charge in [0.05, 0.1) is 34.6 Å². The van der Waals surface area contributed by atoms with Gasteiger partial charge in [0.2, 0.25) is 10.0 Å². The van der Waals surface area contributed by atoms with Gasteiger partial charge in [0.25, 0.3) is 0 Å². The van der Waals surface area contributed by atoms with Gasteiger partial charge in [-0.2, -0.15) is 13.2 Å². The number of halogens is 3. The van der Waals surface area contributed by atoms with E-state index in [0.717, 1.165) is 6.07 Å². The molecule has 0 amide bonds. The SMILES string of the molecule is Cc1nc(N[C@H](C)c2cccc(C(F)(F)F)c2C)c2cc(N3CCCS3(=O)=O)cnc2n1. The first-order valence-electron chi connectivity index (χ1n) is 10.1. The van der Waals surface area contributed by atoms with Crippen molar-refractivity contribution < 1.29 is 21.6 Å². The summed E-state index contributed by atoms with van der Waals surface area (Å²) in [4.78, 5) is 13.0. The number of aromatic nitrogens is 3. The topological polar surface area (TPSA) is 88.1 Å². The fraction of sp³-hybridized carbons (Fsp3) is 0.381. The van der Waals surface area contributed by atoms with Crippen LogP contribution in [0.4, 0.5) is 24.7 Å². The highest BCUT2D eigenvalue weighted by Gasteiger charge is 2.33. The minimum Gasteiger partial charge on any atom is -0.363 e. The maximum absolute atomic E-state index is 13.3. The smallest absolute Gasteiger partial charge is 0.363 e. The Balaban J connectivity index is 1.75. The molecule has 7 nitrogen and oxygen atoms in total. The molecule has 3 aromatic rings. The first-order chi connectivity index (χ1) is 15.0. The van der Waals surface area contributed by atoms with E-state index in [9.17, 15) is 21.6 Å². The fourth-order valence-corrected chi connectivity index (χ4v) is 5.54. The first kappa shape index (κ1) is 22.3. The molecule has 4 rings (SSSR count). The lowest BCUT2D eigenvalue weighted by Gasteiger charge is -2.21. The Morgan fingerprint density at radius 2 is 1.94 bits per heavy atom. The molecule has 3 heterocycles. The Hall–Kier alpha value is -2.95. The predicted octanol–water partition coefficient (Wildman–Crippen LogP) is 4.37. The summed E-state index contributed by atoms with van der Waals surface area (Å²) in [7, 11) is -3.39. The molecule has 170 valence electrons. The van der Waals surface area contributed by atoms with E-state index >= 15 is 0 Å². The normalized spacial score (nSPS) is 17.0.